The highest BCUT2D eigenvalue weighted by Crippen LogP contribution is 2.14. The van der Waals surface area contributed by atoms with Gasteiger partial charge in [0, 0.05) is 6.42 Å². The molecule has 0 N–H and O–H groups in total. The zero-order valence-corrected chi connectivity index (χ0v) is 20.2. The zero-order chi connectivity index (χ0) is 22.7. The standard InChI is InChI=1S/C30H40N2/c1-3-4-5-6-7-8-9-10-11-12-13-14-21-26-30(32-29-24-19-16-20-25-29)27(2)31-28-22-17-15-18-23-28/h15-20,22-25H,3-14H2,1-2H3. The summed E-state index contributed by atoms with van der Waals surface area (Å²) in [7, 11) is 0. The largest absolute Gasteiger partial charge is 0.251 e. The Morgan fingerprint density at radius 1 is 0.625 bits per heavy atom. The van der Waals surface area contributed by atoms with Gasteiger partial charge in [0.15, 0.2) is 0 Å². The first-order chi connectivity index (χ1) is 15.8. The molecular weight excluding hydrogens is 388 g/mol. The first-order valence-electron chi connectivity index (χ1n) is 12.5. The van der Waals surface area contributed by atoms with Gasteiger partial charge in [0.2, 0.25) is 0 Å². The van der Waals surface area contributed by atoms with Crippen LogP contribution in [0.3, 0.4) is 0 Å². The Hall–Kier alpha value is -2.66. The number of nitrogens with zero attached hydrogens (tertiary/aromatic N) is 2. The number of rotatable bonds is 14. The van der Waals surface area contributed by atoms with Crippen LogP contribution in [0.25, 0.3) is 0 Å². The Morgan fingerprint density at radius 3 is 1.62 bits per heavy atom. The number of hydrogen-bond donors (Lipinski definition) is 0. The van der Waals surface area contributed by atoms with E-state index in [-0.39, 0.29) is 0 Å². The molecule has 2 aromatic carbocycles. The summed E-state index contributed by atoms with van der Waals surface area (Å²) < 4.78 is 0. The highest BCUT2D eigenvalue weighted by molar-refractivity contribution is 6.48. The average Bonchev–Trinajstić information content (AvgIpc) is 2.82. The maximum atomic E-state index is 4.76. The van der Waals surface area contributed by atoms with Gasteiger partial charge in [-0.15, -0.1) is 0 Å². The van der Waals surface area contributed by atoms with Crippen molar-refractivity contribution < 1.29 is 0 Å². The average molecular weight is 429 g/mol. The van der Waals surface area contributed by atoms with Gasteiger partial charge in [0.1, 0.15) is 5.71 Å². The van der Waals surface area contributed by atoms with Crippen molar-refractivity contribution in [1.29, 1.82) is 0 Å². The molecule has 0 saturated carbocycles. The second-order valence-electron chi connectivity index (χ2n) is 8.42. The third kappa shape index (κ3) is 11.7. The summed E-state index contributed by atoms with van der Waals surface area (Å²) in [6, 6.07) is 20.0. The van der Waals surface area contributed by atoms with Gasteiger partial charge in [-0.3, -0.25) is 4.99 Å². The van der Waals surface area contributed by atoms with Crippen LogP contribution in [-0.4, -0.2) is 11.4 Å². The van der Waals surface area contributed by atoms with Crippen LogP contribution >= 0.6 is 0 Å². The van der Waals surface area contributed by atoms with E-state index in [9.17, 15) is 0 Å². The molecule has 170 valence electrons. The molecule has 0 spiro atoms. The molecule has 0 aliphatic carbocycles. The van der Waals surface area contributed by atoms with Crippen LogP contribution in [0.4, 0.5) is 11.4 Å². The maximum Gasteiger partial charge on any atom is 0.135 e. The Balaban J connectivity index is 1.79. The van der Waals surface area contributed by atoms with Crippen LogP contribution < -0.4 is 0 Å². The number of unbranched alkanes of at least 4 members (excludes halogenated alkanes) is 11. The van der Waals surface area contributed by atoms with Gasteiger partial charge in [0.25, 0.3) is 0 Å². The van der Waals surface area contributed by atoms with Crippen LogP contribution in [0, 0.1) is 11.8 Å². The van der Waals surface area contributed by atoms with Crippen molar-refractivity contribution >= 4 is 22.8 Å². The Morgan fingerprint density at radius 2 is 1.09 bits per heavy atom. The van der Waals surface area contributed by atoms with Crippen LogP contribution in [0.1, 0.15) is 90.9 Å². The first kappa shape index (κ1) is 25.6. The Bertz CT molecular complexity index is 854. The molecule has 2 nitrogen and oxygen atoms in total. The van der Waals surface area contributed by atoms with Crippen molar-refractivity contribution in [3.63, 3.8) is 0 Å². The van der Waals surface area contributed by atoms with Crippen LogP contribution in [0.5, 0.6) is 0 Å². The molecule has 0 aromatic heterocycles. The van der Waals surface area contributed by atoms with Crippen LogP contribution in [0.2, 0.25) is 0 Å². The number of para-hydroxylation sites is 2. The SMILES string of the molecule is CCCCCCCCCCCCCC#CC(=Nc1ccccc1)C(C)=Nc1ccccc1. The Kier molecular flexibility index (Phi) is 13.6. The molecule has 0 aliphatic heterocycles. The number of aliphatic imine (C=N–C) groups is 2. The topological polar surface area (TPSA) is 24.7 Å². The molecule has 2 aromatic rings. The van der Waals surface area contributed by atoms with Crippen molar-refractivity contribution in [2.45, 2.75) is 90.9 Å². The summed E-state index contributed by atoms with van der Waals surface area (Å²) in [5, 5.41) is 0. The molecule has 0 fully saturated rings. The third-order valence-electron chi connectivity index (χ3n) is 5.50. The zero-order valence-electron chi connectivity index (χ0n) is 20.2. The lowest BCUT2D eigenvalue weighted by Gasteiger charge is -2.02. The van der Waals surface area contributed by atoms with E-state index >= 15 is 0 Å². The maximum absolute atomic E-state index is 4.76. The smallest absolute Gasteiger partial charge is 0.135 e. The summed E-state index contributed by atoms with van der Waals surface area (Å²) >= 11 is 0. The lowest BCUT2D eigenvalue weighted by Crippen LogP contribution is -2.07. The summed E-state index contributed by atoms with van der Waals surface area (Å²) in [6.07, 6.45) is 15.8. The second kappa shape index (κ2) is 17.0. The van der Waals surface area contributed by atoms with E-state index in [0.717, 1.165) is 35.6 Å². The third-order valence-corrected chi connectivity index (χ3v) is 5.50. The van der Waals surface area contributed by atoms with E-state index in [1.165, 1.54) is 64.2 Å². The summed E-state index contributed by atoms with van der Waals surface area (Å²) in [6.45, 7) is 4.27. The predicted octanol–water partition coefficient (Wildman–Crippen LogP) is 9.26. The summed E-state index contributed by atoms with van der Waals surface area (Å²) in [5.41, 5.74) is 3.45. The summed E-state index contributed by atoms with van der Waals surface area (Å²) in [5.74, 6) is 6.63. The first-order valence-corrected chi connectivity index (χ1v) is 12.5. The molecule has 0 unspecified atom stereocenters. The molecule has 0 saturated heterocycles. The second-order valence-corrected chi connectivity index (χ2v) is 8.42. The van der Waals surface area contributed by atoms with Crippen molar-refractivity contribution in [3.05, 3.63) is 60.7 Å². The van der Waals surface area contributed by atoms with Crippen molar-refractivity contribution in [2.24, 2.45) is 9.98 Å². The molecule has 0 bridgehead atoms. The minimum Gasteiger partial charge on any atom is -0.251 e. The minimum atomic E-state index is 0.753. The number of hydrogen-bond acceptors (Lipinski definition) is 2. The molecule has 2 rings (SSSR count). The summed E-state index contributed by atoms with van der Waals surface area (Å²) in [4.78, 5) is 9.48. The van der Waals surface area contributed by atoms with Crippen molar-refractivity contribution in [1.82, 2.24) is 0 Å². The molecule has 0 radical (unpaired) electrons. The van der Waals surface area contributed by atoms with E-state index < -0.39 is 0 Å². The molecule has 0 aliphatic rings. The molecular formula is C30H40N2. The highest BCUT2D eigenvalue weighted by Gasteiger charge is 2.02. The van der Waals surface area contributed by atoms with E-state index in [0.29, 0.717) is 0 Å². The lowest BCUT2D eigenvalue weighted by molar-refractivity contribution is 0.551. The van der Waals surface area contributed by atoms with Gasteiger partial charge in [-0.2, -0.15) is 0 Å². The molecule has 0 heterocycles. The van der Waals surface area contributed by atoms with E-state index in [2.05, 4.69) is 18.8 Å². The van der Waals surface area contributed by atoms with E-state index in [1.807, 2.05) is 67.6 Å². The fourth-order valence-corrected chi connectivity index (χ4v) is 3.60. The molecule has 0 atom stereocenters. The van der Waals surface area contributed by atoms with Gasteiger partial charge >= 0.3 is 0 Å². The van der Waals surface area contributed by atoms with E-state index in [4.69, 9.17) is 9.98 Å². The monoisotopic (exact) mass is 428 g/mol. The van der Waals surface area contributed by atoms with E-state index in [1.54, 1.807) is 0 Å². The quantitative estimate of drug-likeness (QED) is 0.163. The molecule has 2 heteroatoms. The van der Waals surface area contributed by atoms with Crippen LogP contribution in [-0.2, 0) is 0 Å². The van der Waals surface area contributed by atoms with Crippen molar-refractivity contribution in [2.75, 3.05) is 0 Å². The van der Waals surface area contributed by atoms with Gasteiger partial charge in [-0.1, -0.05) is 113 Å². The van der Waals surface area contributed by atoms with Crippen LogP contribution in [0.15, 0.2) is 70.6 Å². The predicted molar refractivity (Wildman–Crippen MR) is 142 cm³/mol. The van der Waals surface area contributed by atoms with Gasteiger partial charge in [-0.05, 0) is 43.5 Å². The minimum absolute atomic E-state index is 0.753. The molecule has 0 amide bonds. The van der Waals surface area contributed by atoms with Gasteiger partial charge in [-0.25, -0.2) is 4.99 Å². The lowest BCUT2D eigenvalue weighted by atomic mass is 10.1. The Labute approximate surface area is 196 Å². The fraction of sp³-hybridized carbons (Fsp3) is 0.467. The fourth-order valence-electron chi connectivity index (χ4n) is 3.60. The number of benzene rings is 2. The van der Waals surface area contributed by atoms with Gasteiger partial charge < -0.3 is 0 Å². The van der Waals surface area contributed by atoms with Crippen molar-refractivity contribution in [3.8, 4) is 11.8 Å². The molecule has 32 heavy (non-hydrogen) atoms. The normalized spacial score (nSPS) is 11.8. The highest BCUT2D eigenvalue weighted by atomic mass is 14.8. The van der Waals surface area contributed by atoms with Gasteiger partial charge in [0.05, 0.1) is 17.1 Å².